The molecule has 2 rings (SSSR count). The van der Waals surface area contributed by atoms with E-state index in [4.69, 9.17) is 0 Å². The minimum atomic E-state index is -0.371. The van der Waals surface area contributed by atoms with E-state index in [1.165, 1.54) is 17.9 Å². The number of hydrogen-bond donors (Lipinski definition) is 1. The molecule has 8 heteroatoms. The van der Waals surface area contributed by atoms with Crippen molar-refractivity contribution < 1.29 is 35.0 Å². The first-order valence-electron chi connectivity index (χ1n) is 3.72. The maximum absolute atomic E-state index is 11.4. The summed E-state index contributed by atoms with van der Waals surface area (Å²) in [5, 5.41) is 0. The molecule has 2 aromatic heterocycles. The molecule has 0 aliphatic heterocycles. The topological polar surface area (TPSA) is 103 Å². The van der Waals surface area contributed by atoms with E-state index >= 15 is 0 Å². The molecule has 2 aromatic rings. The second kappa shape index (κ2) is 4.75. The number of nitrogens with one attached hydrogen (secondary N) is 1. The largest absolute Gasteiger partial charge is 1.00 e. The molecule has 0 unspecified atom stereocenters. The molecule has 0 aromatic carbocycles. The summed E-state index contributed by atoms with van der Waals surface area (Å²) in [5.74, 6) is 0. The summed E-state index contributed by atoms with van der Waals surface area (Å²) in [6, 6.07) is 0. The number of rotatable bonds is 0. The Labute approximate surface area is 106 Å². The fraction of sp³-hybridized carbons (Fsp3) is 0.286. The van der Waals surface area contributed by atoms with Crippen molar-refractivity contribution in [3.05, 3.63) is 27.2 Å². The van der Waals surface area contributed by atoms with Crippen molar-refractivity contribution in [3.63, 3.8) is 0 Å². The normalized spacial score (nSPS) is 9.47. The first-order chi connectivity index (χ1) is 6.13. The zero-order valence-electron chi connectivity index (χ0n) is 8.68. The summed E-state index contributed by atoms with van der Waals surface area (Å²) in [6.07, 6.45) is 1.39. The second-order valence-electron chi connectivity index (χ2n) is 2.81. The average molecular weight is 220 g/mol. The van der Waals surface area contributed by atoms with Crippen molar-refractivity contribution in [2.45, 2.75) is 0 Å². The Morgan fingerprint density at radius 1 is 1.27 bits per heavy atom. The molecule has 0 aliphatic carbocycles. The number of nitrogens with zero attached hydrogens (tertiary/aromatic N) is 3. The fourth-order valence-corrected chi connectivity index (χ4v) is 1.27. The van der Waals surface area contributed by atoms with E-state index < -0.39 is 0 Å². The molecule has 0 fully saturated rings. The first-order valence-corrected chi connectivity index (χ1v) is 3.72. The minimum absolute atomic E-state index is 0. The molecule has 2 heterocycles. The number of hydrogen-bond acceptors (Lipinski definition) is 4. The maximum Gasteiger partial charge on any atom is 1.00 e. The van der Waals surface area contributed by atoms with Crippen molar-refractivity contribution >= 4 is 11.2 Å². The summed E-state index contributed by atoms with van der Waals surface area (Å²) in [7, 11) is 3.01. The van der Waals surface area contributed by atoms with Crippen LogP contribution in [0.15, 0.2) is 15.9 Å². The fourth-order valence-electron chi connectivity index (χ4n) is 1.27. The Kier molecular flexibility index (Phi) is 4.47. The summed E-state index contributed by atoms with van der Waals surface area (Å²) in [5.41, 5.74) is 0.0119. The van der Waals surface area contributed by atoms with E-state index in [0.29, 0.717) is 11.2 Å². The van der Waals surface area contributed by atoms with Gasteiger partial charge in [0.2, 0.25) is 0 Å². The second-order valence-corrected chi connectivity index (χ2v) is 2.81. The van der Waals surface area contributed by atoms with Gasteiger partial charge in [0.25, 0.3) is 5.56 Å². The van der Waals surface area contributed by atoms with Crippen LogP contribution in [-0.2, 0) is 14.1 Å². The van der Waals surface area contributed by atoms with Crippen molar-refractivity contribution in [2.24, 2.45) is 14.1 Å². The molecular formula is C7H9N4NaO3. The zero-order chi connectivity index (χ0) is 9.59. The van der Waals surface area contributed by atoms with Crippen molar-refractivity contribution in [3.8, 4) is 0 Å². The summed E-state index contributed by atoms with van der Waals surface area (Å²) >= 11 is 0. The van der Waals surface area contributed by atoms with Gasteiger partial charge in [-0.25, -0.2) is 9.78 Å². The smallest absolute Gasteiger partial charge is 0.870 e. The van der Waals surface area contributed by atoms with Gasteiger partial charge in [0, 0.05) is 14.1 Å². The quantitative estimate of drug-likeness (QED) is 0.454. The number of aromatic amines is 1. The van der Waals surface area contributed by atoms with Crippen LogP contribution in [0.25, 0.3) is 11.2 Å². The van der Waals surface area contributed by atoms with Crippen LogP contribution in [0.3, 0.4) is 0 Å². The molecule has 0 bridgehead atoms. The van der Waals surface area contributed by atoms with Gasteiger partial charge in [0.15, 0.2) is 5.65 Å². The van der Waals surface area contributed by atoms with E-state index in [1.54, 1.807) is 7.05 Å². The Balaban J connectivity index is 0.000000980. The first kappa shape index (κ1) is 14.1. The molecule has 2 N–H and O–H groups in total. The van der Waals surface area contributed by atoms with Gasteiger partial charge in [-0.1, -0.05) is 0 Å². The molecule has 0 saturated carbocycles. The predicted octanol–water partition coefficient (Wildman–Crippen LogP) is -4.21. The third-order valence-corrected chi connectivity index (χ3v) is 2.03. The van der Waals surface area contributed by atoms with Crippen molar-refractivity contribution in [2.75, 3.05) is 0 Å². The number of imidazole rings is 1. The third-order valence-electron chi connectivity index (χ3n) is 2.03. The monoisotopic (exact) mass is 220 g/mol. The zero-order valence-corrected chi connectivity index (χ0v) is 10.7. The Morgan fingerprint density at radius 3 is 2.47 bits per heavy atom. The van der Waals surface area contributed by atoms with Gasteiger partial charge in [-0.2, -0.15) is 0 Å². The van der Waals surface area contributed by atoms with Gasteiger partial charge in [-0.15, -0.1) is 0 Å². The number of H-pyrrole nitrogens is 1. The molecule has 7 nitrogen and oxygen atoms in total. The van der Waals surface area contributed by atoms with E-state index in [0.717, 1.165) is 4.57 Å². The number of fused-ring (bicyclic) bond motifs is 1. The van der Waals surface area contributed by atoms with Crippen LogP contribution in [0.4, 0.5) is 0 Å². The average Bonchev–Trinajstić information content (AvgIpc) is 2.59. The van der Waals surface area contributed by atoms with Gasteiger partial charge in [-0.05, 0) is 0 Å². The molecule has 76 valence electrons. The van der Waals surface area contributed by atoms with E-state index in [1.807, 2.05) is 0 Å². The molecule has 0 aliphatic rings. The summed E-state index contributed by atoms with van der Waals surface area (Å²) in [6.45, 7) is 0. The number of aromatic nitrogens is 4. The molecule has 0 spiro atoms. The standard InChI is InChI=1S/C7H8N4O2.Na.H2O/c1-10-5-4(8-3-9-5)6(12)11(2)7(10)13;;/h3H,1-2H3,(H,8,9);;1H2/q;+1;/p-1. The predicted molar refractivity (Wildman–Crippen MR) is 48.5 cm³/mol. The van der Waals surface area contributed by atoms with Crippen molar-refractivity contribution in [1.82, 2.24) is 19.1 Å². The Hall–Kier alpha value is -0.890. The van der Waals surface area contributed by atoms with Crippen LogP contribution in [-0.4, -0.2) is 24.6 Å². The van der Waals surface area contributed by atoms with Crippen LogP contribution in [0.2, 0.25) is 0 Å². The number of aryl methyl sites for hydroxylation is 1. The molecule has 0 atom stereocenters. The van der Waals surface area contributed by atoms with Crippen molar-refractivity contribution in [1.29, 1.82) is 0 Å². The van der Waals surface area contributed by atoms with Gasteiger partial charge in [0.05, 0.1) is 6.33 Å². The third kappa shape index (κ3) is 1.91. The molecule has 15 heavy (non-hydrogen) atoms. The molecule has 0 radical (unpaired) electrons. The Morgan fingerprint density at radius 2 is 1.87 bits per heavy atom. The summed E-state index contributed by atoms with van der Waals surface area (Å²) in [4.78, 5) is 29.4. The Bertz CT molecular complexity index is 582. The van der Waals surface area contributed by atoms with Crippen LogP contribution < -0.4 is 40.8 Å². The molecule has 0 saturated heterocycles. The van der Waals surface area contributed by atoms with Crippen LogP contribution in [0.5, 0.6) is 0 Å². The SMILES string of the molecule is Cn1c(=O)c2[nH]cnc2n(C)c1=O.[Na+].[OH-]. The van der Waals surface area contributed by atoms with E-state index in [2.05, 4.69) is 9.97 Å². The minimum Gasteiger partial charge on any atom is -0.870 e. The summed E-state index contributed by atoms with van der Waals surface area (Å²) < 4.78 is 2.37. The molecular weight excluding hydrogens is 211 g/mol. The van der Waals surface area contributed by atoms with E-state index in [9.17, 15) is 9.59 Å². The van der Waals surface area contributed by atoms with Crippen LogP contribution in [0, 0.1) is 0 Å². The van der Waals surface area contributed by atoms with E-state index in [-0.39, 0.29) is 46.3 Å². The molecule has 0 amide bonds. The maximum atomic E-state index is 11.4. The van der Waals surface area contributed by atoms with Gasteiger partial charge < -0.3 is 10.5 Å². The van der Waals surface area contributed by atoms with Crippen LogP contribution >= 0.6 is 0 Å². The van der Waals surface area contributed by atoms with Gasteiger partial charge in [0.1, 0.15) is 5.52 Å². The van der Waals surface area contributed by atoms with Gasteiger partial charge in [-0.3, -0.25) is 13.9 Å². The van der Waals surface area contributed by atoms with Crippen LogP contribution in [0.1, 0.15) is 0 Å². The van der Waals surface area contributed by atoms with Gasteiger partial charge >= 0.3 is 35.2 Å².